The molecule has 0 fully saturated rings. The molecular weight excluding hydrogens is 212 g/mol. The van der Waals surface area contributed by atoms with Crippen molar-refractivity contribution in [3.05, 3.63) is 54.1 Å². The molecule has 84 valence electrons. The van der Waals surface area contributed by atoms with Crippen LogP contribution in [0.25, 0.3) is 0 Å². The van der Waals surface area contributed by atoms with Gasteiger partial charge in [0.1, 0.15) is 6.07 Å². The lowest BCUT2D eigenvalue weighted by Gasteiger charge is -2.19. The minimum Gasteiger partial charge on any atom is -0.368 e. The van der Waals surface area contributed by atoms with E-state index < -0.39 is 0 Å². The van der Waals surface area contributed by atoms with Crippen LogP contribution in [-0.2, 0) is 6.54 Å². The summed E-state index contributed by atoms with van der Waals surface area (Å²) < 4.78 is 0. The topological polar surface area (TPSA) is 52.8 Å². The van der Waals surface area contributed by atoms with Crippen molar-refractivity contribution in [2.75, 3.05) is 11.9 Å². The van der Waals surface area contributed by atoms with Gasteiger partial charge < -0.3 is 4.90 Å². The van der Waals surface area contributed by atoms with Gasteiger partial charge in [-0.25, -0.2) is 0 Å². The summed E-state index contributed by atoms with van der Waals surface area (Å²) in [6, 6.07) is 7.79. The van der Waals surface area contributed by atoms with Crippen LogP contribution in [0.4, 0.5) is 5.69 Å². The second-order valence-corrected chi connectivity index (χ2v) is 3.72. The van der Waals surface area contributed by atoms with E-state index in [-0.39, 0.29) is 0 Å². The summed E-state index contributed by atoms with van der Waals surface area (Å²) in [4.78, 5) is 10.1. The minimum absolute atomic E-state index is 0.631. The standard InChI is InChI=1S/C13H12N4/c1-17(10-11-3-2-5-15-8-11)13-9-16-6-4-12(13)7-14/h2-6,8-9H,10H2,1H3. The van der Waals surface area contributed by atoms with Crippen molar-refractivity contribution in [1.82, 2.24) is 9.97 Å². The molecule has 0 aliphatic carbocycles. The van der Waals surface area contributed by atoms with Crippen molar-refractivity contribution in [2.24, 2.45) is 0 Å². The van der Waals surface area contributed by atoms with Crippen LogP contribution >= 0.6 is 0 Å². The van der Waals surface area contributed by atoms with Crippen LogP contribution < -0.4 is 4.90 Å². The molecule has 0 N–H and O–H groups in total. The van der Waals surface area contributed by atoms with Crippen molar-refractivity contribution in [2.45, 2.75) is 6.54 Å². The van der Waals surface area contributed by atoms with Crippen molar-refractivity contribution in [1.29, 1.82) is 5.26 Å². The van der Waals surface area contributed by atoms with E-state index in [0.29, 0.717) is 12.1 Å². The molecule has 2 heterocycles. The Bertz CT molecular complexity index is 531. The van der Waals surface area contributed by atoms with E-state index in [0.717, 1.165) is 11.3 Å². The number of nitrogens with zero attached hydrogens (tertiary/aromatic N) is 4. The smallest absolute Gasteiger partial charge is 0.101 e. The van der Waals surface area contributed by atoms with Crippen molar-refractivity contribution < 1.29 is 0 Å². The van der Waals surface area contributed by atoms with E-state index in [1.807, 2.05) is 30.3 Å². The molecule has 0 aromatic carbocycles. The highest BCUT2D eigenvalue weighted by Crippen LogP contribution is 2.18. The number of anilines is 1. The van der Waals surface area contributed by atoms with E-state index in [1.54, 1.807) is 24.7 Å². The van der Waals surface area contributed by atoms with Crippen LogP contribution in [0.15, 0.2) is 43.0 Å². The van der Waals surface area contributed by atoms with Crippen LogP contribution in [0.5, 0.6) is 0 Å². The Kier molecular flexibility index (Phi) is 3.31. The summed E-state index contributed by atoms with van der Waals surface area (Å²) in [5.41, 5.74) is 2.56. The molecule has 2 aromatic heterocycles. The highest BCUT2D eigenvalue weighted by molar-refractivity contribution is 5.57. The van der Waals surface area contributed by atoms with Crippen molar-refractivity contribution >= 4 is 5.69 Å². The van der Waals surface area contributed by atoms with Gasteiger partial charge in [0.25, 0.3) is 0 Å². The first-order chi connectivity index (χ1) is 8.31. The quantitative estimate of drug-likeness (QED) is 0.800. The zero-order chi connectivity index (χ0) is 12.1. The van der Waals surface area contributed by atoms with Crippen molar-refractivity contribution in [3.8, 4) is 6.07 Å². The molecule has 17 heavy (non-hydrogen) atoms. The summed E-state index contributed by atoms with van der Waals surface area (Å²) in [5, 5.41) is 9.02. The Morgan fingerprint density at radius 1 is 1.24 bits per heavy atom. The third-order valence-corrected chi connectivity index (χ3v) is 2.47. The number of pyridine rings is 2. The van der Waals surface area contributed by atoms with Gasteiger partial charge >= 0.3 is 0 Å². The van der Waals surface area contributed by atoms with Gasteiger partial charge in [-0.1, -0.05) is 6.07 Å². The fraction of sp³-hybridized carbons (Fsp3) is 0.154. The minimum atomic E-state index is 0.631. The van der Waals surface area contributed by atoms with Gasteiger partial charge in [-0.3, -0.25) is 9.97 Å². The van der Waals surface area contributed by atoms with Gasteiger partial charge in [0.15, 0.2) is 0 Å². The highest BCUT2D eigenvalue weighted by atomic mass is 15.1. The first-order valence-electron chi connectivity index (χ1n) is 5.25. The van der Waals surface area contributed by atoms with Gasteiger partial charge in [-0.15, -0.1) is 0 Å². The molecule has 4 heteroatoms. The summed E-state index contributed by atoms with van der Waals surface area (Å²) >= 11 is 0. The van der Waals surface area contributed by atoms with Gasteiger partial charge in [0.2, 0.25) is 0 Å². The van der Waals surface area contributed by atoms with Gasteiger partial charge in [-0.2, -0.15) is 5.26 Å². The molecule has 2 aromatic rings. The third kappa shape index (κ3) is 2.58. The maximum Gasteiger partial charge on any atom is 0.101 e. The second-order valence-electron chi connectivity index (χ2n) is 3.72. The summed E-state index contributed by atoms with van der Waals surface area (Å²) in [5.74, 6) is 0. The number of aromatic nitrogens is 2. The fourth-order valence-corrected chi connectivity index (χ4v) is 1.64. The van der Waals surface area contributed by atoms with Crippen LogP contribution in [-0.4, -0.2) is 17.0 Å². The number of hydrogen-bond acceptors (Lipinski definition) is 4. The van der Waals surface area contributed by atoms with Gasteiger partial charge in [0.05, 0.1) is 17.4 Å². The molecule has 0 spiro atoms. The SMILES string of the molecule is CN(Cc1cccnc1)c1cnccc1C#N. The molecule has 0 amide bonds. The van der Waals surface area contributed by atoms with Crippen LogP contribution in [0.2, 0.25) is 0 Å². The summed E-state index contributed by atoms with van der Waals surface area (Å²) in [7, 11) is 1.94. The Morgan fingerprint density at radius 2 is 2.06 bits per heavy atom. The average Bonchev–Trinajstić information content (AvgIpc) is 2.40. The third-order valence-electron chi connectivity index (χ3n) is 2.47. The molecular formula is C13H12N4. The molecule has 0 bridgehead atoms. The zero-order valence-corrected chi connectivity index (χ0v) is 9.54. The molecule has 0 atom stereocenters. The Labute approximate surface area is 100 Å². The van der Waals surface area contributed by atoms with E-state index in [2.05, 4.69) is 16.0 Å². The molecule has 0 aliphatic heterocycles. The highest BCUT2D eigenvalue weighted by Gasteiger charge is 2.07. The molecule has 0 radical (unpaired) electrons. The van der Waals surface area contributed by atoms with E-state index in [1.165, 1.54) is 0 Å². The molecule has 2 rings (SSSR count). The normalized spacial score (nSPS) is 9.65. The molecule has 0 unspecified atom stereocenters. The largest absolute Gasteiger partial charge is 0.368 e. The number of rotatable bonds is 3. The van der Waals surface area contributed by atoms with E-state index in [9.17, 15) is 0 Å². The van der Waals surface area contributed by atoms with Crippen molar-refractivity contribution in [3.63, 3.8) is 0 Å². The first kappa shape index (κ1) is 11.1. The Balaban J connectivity index is 2.21. The number of nitriles is 1. The van der Waals surface area contributed by atoms with E-state index >= 15 is 0 Å². The Morgan fingerprint density at radius 3 is 2.76 bits per heavy atom. The average molecular weight is 224 g/mol. The molecule has 0 saturated heterocycles. The van der Waals surface area contributed by atoms with Gasteiger partial charge in [-0.05, 0) is 17.7 Å². The first-order valence-corrected chi connectivity index (χ1v) is 5.25. The lowest BCUT2D eigenvalue weighted by Crippen LogP contribution is -2.17. The summed E-state index contributed by atoms with van der Waals surface area (Å²) in [6.07, 6.45) is 6.89. The predicted molar refractivity (Wildman–Crippen MR) is 65.3 cm³/mol. The molecule has 0 aliphatic rings. The van der Waals surface area contributed by atoms with Crippen LogP contribution in [0.1, 0.15) is 11.1 Å². The predicted octanol–water partition coefficient (Wildman–Crippen LogP) is 1.98. The monoisotopic (exact) mass is 224 g/mol. The Hall–Kier alpha value is -2.41. The van der Waals surface area contributed by atoms with Crippen LogP contribution in [0.3, 0.4) is 0 Å². The molecule has 0 saturated carbocycles. The summed E-state index contributed by atoms with van der Waals surface area (Å²) in [6.45, 7) is 0.703. The maximum absolute atomic E-state index is 9.02. The lowest BCUT2D eigenvalue weighted by molar-refractivity contribution is 0.908. The number of hydrogen-bond donors (Lipinski definition) is 0. The van der Waals surface area contributed by atoms with Gasteiger partial charge in [0, 0.05) is 32.2 Å². The molecule has 4 nitrogen and oxygen atoms in total. The maximum atomic E-state index is 9.02. The van der Waals surface area contributed by atoms with E-state index in [4.69, 9.17) is 5.26 Å². The lowest BCUT2D eigenvalue weighted by atomic mass is 10.2. The zero-order valence-electron chi connectivity index (χ0n) is 9.54. The van der Waals surface area contributed by atoms with Crippen LogP contribution in [0, 0.1) is 11.3 Å². The second kappa shape index (κ2) is 5.08. The fourth-order valence-electron chi connectivity index (χ4n) is 1.64.